The molecule has 0 saturated carbocycles. The molecule has 0 aromatic carbocycles. The zero-order valence-corrected chi connectivity index (χ0v) is 18.4. The summed E-state index contributed by atoms with van der Waals surface area (Å²) in [6.07, 6.45) is 1.97. The van der Waals surface area contributed by atoms with Gasteiger partial charge in [0.1, 0.15) is 6.04 Å². The zero-order valence-electron chi connectivity index (χ0n) is 17.4. The summed E-state index contributed by atoms with van der Waals surface area (Å²) in [6, 6.07) is -0.739. The summed E-state index contributed by atoms with van der Waals surface area (Å²) < 4.78 is 6.76. The van der Waals surface area contributed by atoms with Gasteiger partial charge >= 0.3 is 12.1 Å². The van der Waals surface area contributed by atoms with Crippen LogP contribution >= 0.6 is 0 Å². The van der Waals surface area contributed by atoms with Gasteiger partial charge in [-0.05, 0) is 37.1 Å². The Labute approximate surface area is 163 Å². The van der Waals surface area contributed by atoms with Gasteiger partial charge in [-0.25, -0.2) is 9.59 Å². The van der Waals surface area contributed by atoms with E-state index in [-0.39, 0.29) is 23.0 Å². The van der Waals surface area contributed by atoms with Crippen LogP contribution in [0.5, 0.6) is 0 Å². The van der Waals surface area contributed by atoms with Crippen molar-refractivity contribution < 1.29 is 24.2 Å². The normalized spacial score (nSPS) is 26.6. The second-order valence-electron chi connectivity index (χ2n) is 9.30. The molecule has 0 radical (unpaired) electrons. The minimum Gasteiger partial charge on any atom is -0.480 e. The molecule has 2 aliphatic rings. The molecule has 1 N–H and O–H groups in total. The van der Waals surface area contributed by atoms with Crippen LogP contribution in [0.15, 0.2) is 0 Å². The van der Waals surface area contributed by atoms with Gasteiger partial charge in [0.25, 0.3) is 0 Å². The molecule has 2 amide bonds. The van der Waals surface area contributed by atoms with E-state index in [0.717, 1.165) is 12.8 Å². The number of carbonyl (C=O) groups is 3. The summed E-state index contributed by atoms with van der Waals surface area (Å²) in [4.78, 5) is 38.6. The van der Waals surface area contributed by atoms with Gasteiger partial charge in [-0.2, -0.15) is 0 Å². The van der Waals surface area contributed by atoms with E-state index in [4.69, 9.17) is 4.74 Å². The van der Waals surface area contributed by atoms with Gasteiger partial charge in [0.05, 0.1) is 12.5 Å². The van der Waals surface area contributed by atoms with E-state index in [9.17, 15) is 19.5 Å². The Bertz CT molecular complexity index is 601. The molecular weight excluding hydrogens is 364 g/mol. The molecule has 0 bridgehead atoms. The van der Waals surface area contributed by atoms with Gasteiger partial charge in [0, 0.05) is 13.1 Å². The third-order valence-corrected chi connectivity index (χ3v) is 11.9. The molecule has 2 heterocycles. The number of β-lactam (4-membered cyclic amide) rings is 1. The van der Waals surface area contributed by atoms with Crippen LogP contribution in [0, 0.1) is 11.8 Å². The third kappa shape index (κ3) is 4.15. The standard InChI is InChI=1S/C19H34N2O5Si/c1-7-26-18(25)20-10-8-9-13(12-20)11-14-15(17(23)24)21(16(14)22)27(5,6)19(2,3)4/h13-15H,7-12H2,1-6H3,(H,23,24)/t13?,14-,15?/m1/s1. The lowest BCUT2D eigenvalue weighted by Gasteiger charge is -2.57. The summed E-state index contributed by atoms with van der Waals surface area (Å²) in [5.41, 5.74) is 0. The predicted octanol–water partition coefficient (Wildman–Crippen LogP) is 3.16. The molecule has 2 aliphatic heterocycles. The molecule has 2 unspecified atom stereocenters. The van der Waals surface area contributed by atoms with Crippen LogP contribution in [0.25, 0.3) is 0 Å². The first-order valence-corrected chi connectivity index (χ1v) is 12.8. The predicted molar refractivity (Wildman–Crippen MR) is 105 cm³/mol. The summed E-state index contributed by atoms with van der Waals surface area (Å²) in [7, 11) is -2.24. The van der Waals surface area contributed by atoms with E-state index in [0.29, 0.717) is 26.1 Å². The van der Waals surface area contributed by atoms with Gasteiger partial charge < -0.3 is 19.3 Å². The number of piperidine rings is 1. The molecule has 154 valence electrons. The highest BCUT2D eigenvalue weighted by molar-refractivity contribution is 6.80. The molecular formula is C19H34N2O5Si. The fourth-order valence-corrected chi connectivity index (χ4v) is 6.47. The smallest absolute Gasteiger partial charge is 0.409 e. The topological polar surface area (TPSA) is 87.2 Å². The number of amides is 2. The Kier molecular flexibility index (Phi) is 6.29. The van der Waals surface area contributed by atoms with Crippen molar-refractivity contribution in [3.63, 3.8) is 0 Å². The van der Waals surface area contributed by atoms with E-state index < -0.39 is 26.2 Å². The molecule has 3 atom stereocenters. The largest absolute Gasteiger partial charge is 0.480 e. The fraction of sp³-hybridized carbons (Fsp3) is 0.842. The van der Waals surface area contributed by atoms with Gasteiger partial charge in [0.2, 0.25) is 5.91 Å². The third-order valence-electron chi connectivity index (χ3n) is 6.54. The number of aliphatic carboxylic acids is 1. The monoisotopic (exact) mass is 398 g/mol. The van der Waals surface area contributed by atoms with E-state index in [2.05, 4.69) is 33.9 Å². The number of carboxylic acids is 1. The van der Waals surface area contributed by atoms with Crippen molar-refractivity contribution in [2.24, 2.45) is 11.8 Å². The lowest BCUT2D eigenvalue weighted by molar-refractivity contribution is -0.165. The van der Waals surface area contributed by atoms with Crippen LogP contribution < -0.4 is 0 Å². The second kappa shape index (κ2) is 7.81. The van der Waals surface area contributed by atoms with Gasteiger partial charge in [0.15, 0.2) is 8.24 Å². The molecule has 2 rings (SSSR count). The lowest BCUT2D eigenvalue weighted by Crippen LogP contribution is -2.75. The van der Waals surface area contributed by atoms with E-state index >= 15 is 0 Å². The van der Waals surface area contributed by atoms with Crippen LogP contribution in [-0.4, -0.2) is 66.5 Å². The van der Waals surface area contributed by atoms with Gasteiger partial charge in [-0.3, -0.25) is 4.79 Å². The molecule has 7 nitrogen and oxygen atoms in total. The average molecular weight is 399 g/mol. The number of carbonyl (C=O) groups excluding carboxylic acids is 2. The Morgan fingerprint density at radius 1 is 1.30 bits per heavy atom. The van der Waals surface area contributed by atoms with Crippen molar-refractivity contribution in [3.8, 4) is 0 Å². The van der Waals surface area contributed by atoms with Crippen LogP contribution in [0.1, 0.15) is 47.0 Å². The number of carboxylic acid groups (broad SMARTS) is 1. The van der Waals surface area contributed by atoms with E-state index in [1.54, 1.807) is 16.4 Å². The van der Waals surface area contributed by atoms with Crippen molar-refractivity contribution in [1.29, 1.82) is 0 Å². The molecule has 2 fully saturated rings. The average Bonchev–Trinajstić information content (AvgIpc) is 2.56. The number of ether oxygens (including phenoxy) is 1. The first-order chi connectivity index (χ1) is 12.4. The van der Waals surface area contributed by atoms with Crippen LogP contribution in [-0.2, 0) is 14.3 Å². The highest BCUT2D eigenvalue weighted by Crippen LogP contribution is 2.46. The first-order valence-electron chi connectivity index (χ1n) is 9.89. The highest BCUT2D eigenvalue weighted by atomic mass is 28.3. The quantitative estimate of drug-likeness (QED) is 0.568. The van der Waals surface area contributed by atoms with Gasteiger partial charge in [-0.1, -0.05) is 33.9 Å². The van der Waals surface area contributed by atoms with Crippen molar-refractivity contribution in [3.05, 3.63) is 0 Å². The summed E-state index contributed by atoms with van der Waals surface area (Å²) in [5, 5.41) is 9.70. The SMILES string of the molecule is CCOC(=O)N1CCCC(C[C@H]2C(=O)N([Si](C)(C)C(C)(C)C)C2C(=O)O)C1. The number of hydrogen-bond acceptors (Lipinski definition) is 4. The minimum absolute atomic E-state index is 0.0257. The number of likely N-dealkylation sites (tertiary alicyclic amines) is 1. The maximum absolute atomic E-state index is 13.0. The Morgan fingerprint density at radius 2 is 1.93 bits per heavy atom. The maximum atomic E-state index is 13.0. The highest BCUT2D eigenvalue weighted by Gasteiger charge is 2.60. The summed E-state index contributed by atoms with van der Waals surface area (Å²) in [6.45, 7) is 13.7. The number of nitrogens with zero attached hydrogens (tertiary/aromatic N) is 2. The van der Waals surface area contributed by atoms with Crippen molar-refractivity contribution in [2.75, 3.05) is 19.7 Å². The molecule has 8 heteroatoms. The summed E-state index contributed by atoms with van der Waals surface area (Å²) >= 11 is 0. The Hall–Kier alpha value is -1.57. The molecule has 0 aromatic heterocycles. The lowest BCUT2D eigenvalue weighted by atomic mass is 9.80. The Morgan fingerprint density at radius 3 is 2.44 bits per heavy atom. The van der Waals surface area contributed by atoms with Crippen LogP contribution in [0.4, 0.5) is 4.79 Å². The van der Waals surface area contributed by atoms with Gasteiger partial charge in [-0.15, -0.1) is 0 Å². The van der Waals surface area contributed by atoms with E-state index in [1.807, 2.05) is 0 Å². The number of rotatable bonds is 5. The van der Waals surface area contributed by atoms with Crippen LogP contribution in [0.3, 0.4) is 0 Å². The maximum Gasteiger partial charge on any atom is 0.409 e. The number of hydrogen-bond donors (Lipinski definition) is 1. The van der Waals surface area contributed by atoms with Crippen molar-refractivity contribution in [2.45, 2.75) is 71.1 Å². The molecule has 2 saturated heterocycles. The molecule has 27 heavy (non-hydrogen) atoms. The van der Waals surface area contributed by atoms with Crippen molar-refractivity contribution >= 4 is 26.2 Å². The fourth-order valence-electron chi connectivity index (χ4n) is 4.04. The first kappa shape index (κ1) is 21.7. The molecule has 0 spiro atoms. The zero-order chi connectivity index (χ0) is 20.6. The summed E-state index contributed by atoms with van der Waals surface area (Å²) in [5.74, 6) is -1.28. The van der Waals surface area contributed by atoms with E-state index in [1.165, 1.54) is 0 Å². The Balaban J connectivity index is 2.09. The molecule has 0 aliphatic carbocycles. The minimum atomic E-state index is -2.24. The van der Waals surface area contributed by atoms with Crippen molar-refractivity contribution in [1.82, 2.24) is 9.47 Å². The molecule has 0 aromatic rings. The van der Waals surface area contributed by atoms with Crippen LogP contribution in [0.2, 0.25) is 18.1 Å². The second-order valence-corrected chi connectivity index (χ2v) is 14.4.